The van der Waals surface area contributed by atoms with Crippen molar-refractivity contribution in [3.05, 3.63) is 76.3 Å². The zero-order valence-electron chi connectivity index (χ0n) is 12.0. The SMILES string of the molecule is O=C(Cl)c1ccc(C2(C(=O)c3ccc(F)cc3Cl)C=CC=N2)nc1. The van der Waals surface area contributed by atoms with Crippen LogP contribution in [-0.2, 0) is 5.54 Å². The second kappa shape index (κ2) is 6.26. The van der Waals surface area contributed by atoms with E-state index in [-0.39, 0.29) is 16.1 Å². The standard InChI is InChI=1S/C17H9Cl2FN2O2/c18-13-8-11(20)3-4-12(13)15(23)17(6-1-7-22-17)14-5-2-10(9-21-14)16(19)24/h1-9H. The van der Waals surface area contributed by atoms with Crippen molar-refractivity contribution >= 4 is 40.4 Å². The Morgan fingerprint density at radius 3 is 2.50 bits per heavy atom. The van der Waals surface area contributed by atoms with Gasteiger partial charge in [-0.15, -0.1) is 0 Å². The van der Waals surface area contributed by atoms with Gasteiger partial charge in [-0.2, -0.15) is 0 Å². The summed E-state index contributed by atoms with van der Waals surface area (Å²) in [5, 5.41) is -0.663. The number of ketones is 1. The van der Waals surface area contributed by atoms with E-state index in [1.165, 1.54) is 30.6 Å². The Bertz CT molecular complexity index is 880. The Morgan fingerprint density at radius 1 is 1.17 bits per heavy atom. The van der Waals surface area contributed by atoms with E-state index in [1.54, 1.807) is 12.2 Å². The largest absolute Gasteiger partial charge is 0.291 e. The molecule has 24 heavy (non-hydrogen) atoms. The highest BCUT2D eigenvalue weighted by Gasteiger charge is 2.41. The average molecular weight is 363 g/mol. The Labute approximate surface area is 146 Å². The Balaban J connectivity index is 2.09. The molecule has 0 saturated carbocycles. The molecule has 3 rings (SSSR count). The Kier molecular flexibility index (Phi) is 4.30. The molecule has 0 bridgehead atoms. The van der Waals surface area contributed by atoms with Crippen molar-refractivity contribution in [3.63, 3.8) is 0 Å². The number of halogens is 3. The van der Waals surface area contributed by atoms with Crippen LogP contribution in [0.15, 0.2) is 53.7 Å². The molecule has 4 nitrogen and oxygen atoms in total. The lowest BCUT2D eigenvalue weighted by molar-refractivity contribution is 0.0921. The first-order valence-corrected chi connectivity index (χ1v) is 7.59. The topological polar surface area (TPSA) is 59.4 Å². The van der Waals surface area contributed by atoms with E-state index in [1.807, 2.05) is 0 Å². The molecule has 2 aromatic rings. The average Bonchev–Trinajstić information content (AvgIpc) is 3.05. The summed E-state index contributed by atoms with van der Waals surface area (Å²) in [5.41, 5.74) is -0.774. The van der Waals surface area contributed by atoms with Gasteiger partial charge in [0.15, 0.2) is 5.54 Å². The molecule has 0 N–H and O–H groups in total. The zero-order valence-corrected chi connectivity index (χ0v) is 13.6. The minimum absolute atomic E-state index is 0.0116. The highest BCUT2D eigenvalue weighted by molar-refractivity contribution is 6.67. The van der Waals surface area contributed by atoms with Crippen LogP contribution in [0.2, 0.25) is 5.02 Å². The predicted octanol–water partition coefficient (Wildman–Crippen LogP) is 3.97. The van der Waals surface area contributed by atoms with E-state index in [4.69, 9.17) is 23.2 Å². The van der Waals surface area contributed by atoms with Gasteiger partial charge in [0.05, 0.1) is 16.3 Å². The van der Waals surface area contributed by atoms with Gasteiger partial charge in [0.1, 0.15) is 5.82 Å². The second-order valence-corrected chi connectivity index (χ2v) is 5.81. The number of nitrogens with zero attached hydrogens (tertiary/aromatic N) is 2. The van der Waals surface area contributed by atoms with Crippen LogP contribution in [0.5, 0.6) is 0 Å². The van der Waals surface area contributed by atoms with Gasteiger partial charge in [-0.3, -0.25) is 19.6 Å². The molecule has 120 valence electrons. The van der Waals surface area contributed by atoms with Gasteiger partial charge in [-0.25, -0.2) is 4.39 Å². The maximum Gasteiger partial charge on any atom is 0.253 e. The molecule has 1 aromatic carbocycles. The molecule has 0 spiro atoms. The number of aliphatic imine (C=N–C) groups is 1. The fourth-order valence-electron chi connectivity index (χ4n) is 2.40. The fourth-order valence-corrected chi connectivity index (χ4v) is 2.77. The molecule has 1 unspecified atom stereocenters. The number of allylic oxidation sites excluding steroid dienone is 1. The molecule has 1 aromatic heterocycles. The summed E-state index contributed by atoms with van der Waals surface area (Å²) >= 11 is 11.4. The molecular weight excluding hydrogens is 354 g/mol. The van der Waals surface area contributed by atoms with Crippen molar-refractivity contribution in [2.75, 3.05) is 0 Å². The van der Waals surface area contributed by atoms with Crippen molar-refractivity contribution in [1.82, 2.24) is 4.98 Å². The lowest BCUT2D eigenvalue weighted by Crippen LogP contribution is -2.32. The maximum absolute atomic E-state index is 13.2. The van der Waals surface area contributed by atoms with Gasteiger partial charge in [-0.1, -0.05) is 11.6 Å². The summed E-state index contributed by atoms with van der Waals surface area (Å²) in [6.07, 6.45) is 5.92. The lowest BCUT2D eigenvalue weighted by atomic mass is 9.86. The fraction of sp³-hybridized carbons (Fsp3) is 0.0588. The van der Waals surface area contributed by atoms with Crippen molar-refractivity contribution < 1.29 is 14.0 Å². The molecule has 1 atom stereocenters. The third-order valence-electron chi connectivity index (χ3n) is 3.60. The van der Waals surface area contributed by atoms with Crippen LogP contribution in [0.4, 0.5) is 4.39 Å². The second-order valence-electron chi connectivity index (χ2n) is 5.06. The van der Waals surface area contributed by atoms with Gasteiger partial charge in [0, 0.05) is 18.0 Å². The van der Waals surface area contributed by atoms with E-state index in [2.05, 4.69) is 9.98 Å². The predicted molar refractivity (Wildman–Crippen MR) is 89.5 cm³/mol. The van der Waals surface area contributed by atoms with Gasteiger partial charge >= 0.3 is 0 Å². The van der Waals surface area contributed by atoms with Crippen LogP contribution in [0.1, 0.15) is 26.4 Å². The number of rotatable bonds is 4. The number of carbonyl (C=O) groups excluding carboxylic acids is 2. The number of benzene rings is 1. The van der Waals surface area contributed by atoms with Crippen molar-refractivity contribution in [2.45, 2.75) is 5.54 Å². The third kappa shape index (κ3) is 2.77. The zero-order chi connectivity index (χ0) is 17.3. The molecule has 0 amide bonds. The molecule has 0 fully saturated rings. The molecule has 7 heteroatoms. The first-order chi connectivity index (χ1) is 11.4. The van der Waals surface area contributed by atoms with Gasteiger partial charge in [0.2, 0.25) is 5.78 Å². The lowest BCUT2D eigenvalue weighted by Gasteiger charge is -2.23. The van der Waals surface area contributed by atoms with Gasteiger partial charge in [-0.05, 0) is 54.1 Å². The summed E-state index contributed by atoms with van der Waals surface area (Å²) in [6, 6.07) is 6.48. The number of aromatic nitrogens is 1. The molecule has 0 aliphatic carbocycles. The van der Waals surface area contributed by atoms with Crippen molar-refractivity contribution in [3.8, 4) is 0 Å². The summed E-state index contributed by atoms with van der Waals surface area (Å²) in [7, 11) is 0. The van der Waals surface area contributed by atoms with E-state index in [0.717, 1.165) is 12.1 Å². The number of carbonyl (C=O) groups is 2. The maximum atomic E-state index is 13.2. The minimum atomic E-state index is -1.41. The summed E-state index contributed by atoms with van der Waals surface area (Å²) in [5.74, 6) is -0.992. The minimum Gasteiger partial charge on any atom is -0.291 e. The first-order valence-electron chi connectivity index (χ1n) is 6.83. The molecule has 2 heterocycles. The molecular formula is C17H9Cl2FN2O2. The Hall–Kier alpha value is -2.37. The smallest absolute Gasteiger partial charge is 0.253 e. The van der Waals surface area contributed by atoms with Crippen LogP contribution >= 0.6 is 23.2 Å². The number of Topliss-reactive ketones (excluding diaryl/α,β-unsaturated/α-hetero) is 1. The highest BCUT2D eigenvalue weighted by Crippen LogP contribution is 2.35. The van der Waals surface area contributed by atoms with Crippen LogP contribution in [-0.4, -0.2) is 22.2 Å². The number of pyridine rings is 1. The van der Waals surface area contributed by atoms with Crippen LogP contribution in [0.25, 0.3) is 0 Å². The van der Waals surface area contributed by atoms with Gasteiger partial charge in [0.25, 0.3) is 5.24 Å². The summed E-state index contributed by atoms with van der Waals surface area (Å²) < 4.78 is 13.2. The highest BCUT2D eigenvalue weighted by atomic mass is 35.5. The third-order valence-corrected chi connectivity index (χ3v) is 4.14. The van der Waals surface area contributed by atoms with Crippen molar-refractivity contribution in [2.24, 2.45) is 4.99 Å². The van der Waals surface area contributed by atoms with Crippen LogP contribution in [0, 0.1) is 5.82 Å². The number of hydrogen-bond acceptors (Lipinski definition) is 4. The van der Waals surface area contributed by atoms with Crippen LogP contribution < -0.4 is 0 Å². The normalized spacial score (nSPS) is 18.8. The summed E-state index contributed by atoms with van der Waals surface area (Å²) in [4.78, 5) is 32.5. The van der Waals surface area contributed by atoms with Gasteiger partial charge < -0.3 is 0 Å². The van der Waals surface area contributed by atoms with Crippen LogP contribution in [0.3, 0.4) is 0 Å². The van der Waals surface area contributed by atoms with E-state index in [0.29, 0.717) is 5.69 Å². The molecule has 1 aliphatic heterocycles. The molecule has 0 saturated heterocycles. The quantitative estimate of drug-likeness (QED) is 0.610. The summed E-state index contributed by atoms with van der Waals surface area (Å²) in [6.45, 7) is 0. The molecule has 1 aliphatic rings. The van der Waals surface area contributed by atoms with E-state index < -0.39 is 22.4 Å². The van der Waals surface area contributed by atoms with E-state index >= 15 is 0 Å². The Morgan fingerprint density at radius 2 is 1.96 bits per heavy atom. The number of hydrogen-bond donors (Lipinski definition) is 0. The first kappa shape index (κ1) is 16.5. The monoisotopic (exact) mass is 362 g/mol. The van der Waals surface area contributed by atoms with E-state index in [9.17, 15) is 14.0 Å². The van der Waals surface area contributed by atoms with Crippen molar-refractivity contribution in [1.29, 1.82) is 0 Å². The molecule has 0 radical (unpaired) electrons.